The molecule has 1 aliphatic rings. The second-order valence-corrected chi connectivity index (χ2v) is 9.88. The van der Waals surface area contributed by atoms with Crippen LogP contribution in [0.4, 0.5) is 10.5 Å². The maximum Gasteiger partial charge on any atom is 0.411 e. The van der Waals surface area contributed by atoms with Crippen molar-refractivity contribution in [2.24, 2.45) is 0 Å². The lowest BCUT2D eigenvalue weighted by molar-refractivity contribution is -0.126. The second kappa shape index (κ2) is 11.8. The number of anilines is 1. The Kier molecular flexibility index (Phi) is 7.87. The standard InChI is InChI=1S/C32H30N4O4/c1-21-6-8-26(9-7-21)30(37)35-27-12-10-25(11-13-27)29-28(31(38)34-19-23-14-16-33-17-15-23)36(32(39)40-29)20-24-5-3-4-22(2)18-24/h3-18,28-29H,19-20H2,1-2H3,(H,34,38)(H,35,37). The SMILES string of the molecule is Cc1ccc(C(=O)Nc2ccc(C3OC(=O)N(Cc4cccc(C)c4)C3C(=O)NCc3ccncc3)cc2)cc1. The number of ether oxygens (including phenoxy) is 1. The van der Waals surface area contributed by atoms with Gasteiger partial charge in [0.2, 0.25) is 5.91 Å². The summed E-state index contributed by atoms with van der Waals surface area (Å²) in [6, 6.07) is 24.9. The van der Waals surface area contributed by atoms with E-state index in [1.54, 1.807) is 48.8 Å². The van der Waals surface area contributed by atoms with E-state index in [4.69, 9.17) is 4.74 Å². The van der Waals surface area contributed by atoms with Crippen LogP contribution in [0.5, 0.6) is 0 Å². The van der Waals surface area contributed by atoms with Crippen molar-refractivity contribution >= 4 is 23.6 Å². The van der Waals surface area contributed by atoms with Gasteiger partial charge in [0.15, 0.2) is 12.1 Å². The minimum Gasteiger partial charge on any atom is -0.438 e. The number of amides is 3. The highest BCUT2D eigenvalue weighted by molar-refractivity contribution is 6.04. The highest BCUT2D eigenvalue weighted by Gasteiger charge is 2.46. The fourth-order valence-corrected chi connectivity index (χ4v) is 4.68. The van der Waals surface area contributed by atoms with Crippen LogP contribution in [0, 0.1) is 13.8 Å². The number of carbonyl (C=O) groups is 3. The minimum absolute atomic E-state index is 0.224. The van der Waals surface area contributed by atoms with E-state index < -0.39 is 18.2 Å². The quantitative estimate of drug-likeness (QED) is 0.318. The Labute approximate surface area is 233 Å². The van der Waals surface area contributed by atoms with Crippen molar-refractivity contribution in [1.82, 2.24) is 15.2 Å². The Bertz CT molecular complexity index is 1500. The lowest BCUT2D eigenvalue weighted by Gasteiger charge is -2.24. The molecule has 2 heterocycles. The van der Waals surface area contributed by atoms with Gasteiger partial charge in [-0.3, -0.25) is 19.5 Å². The first-order valence-corrected chi connectivity index (χ1v) is 13.0. The molecule has 1 aliphatic heterocycles. The zero-order chi connectivity index (χ0) is 28.1. The topological polar surface area (TPSA) is 101 Å². The van der Waals surface area contributed by atoms with Gasteiger partial charge in [-0.1, -0.05) is 59.7 Å². The molecule has 2 unspecified atom stereocenters. The van der Waals surface area contributed by atoms with Crippen molar-refractivity contribution in [2.75, 3.05) is 5.32 Å². The number of nitrogens with one attached hydrogen (secondary N) is 2. The first-order valence-electron chi connectivity index (χ1n) is 13.0. The molecule has 8 nitrogen and oxygen atoms in total. The Hall–Kier alpha value is -4.98. The van der Waals surface area contributed by atoms with Gasteiger partial charge in [-0.15, -0.1) is 0 Å². The second-order valence-electron chi connectivity index (χ2n) is 9.88. The minimum atomic E-state index is -0.886. The molecule has 3 aromatic carbocycles. The zero-order valence-electron chi connectivity index (χ0n) is 22.3. The summed E-state index contributed by atoms with van der Waals surface area (Å²) in [4.78, 5) is 44.8. The summed E-state index contributed by atoms with van der Waals surface area (Å²) >= 11 is 0. The van der Waals surface area contributed by atoms with Crippen molar-refractivity contribution in [3.63, 3.8) is 0 Å². The summed E-state index contributed by atoms with van der Waals surface area (Å²) in [6.07, 6.45) is 1.94. The number of hydrogen-bond acceptors (Lipinski definition) is 5. The molecule has 0 radical (unpaired) electrons. The number of rotatable bonds is 8. The fourth-order valence-electron chi connectivity index (χ4n) is 4.68. The van der Waals surface area contributed by atoms with Crippen LogP contribution in [-0.4, -0.2) is 33.8 Å². The van der Waals surface area contributed by atoms with Gasteiger partial charge in [-0.25, -0.2) is 4.79 Å². The van der Waals surface area contributed by atoms with Gasteiger partial charge in [-0.05, 0) is 66.9 Å². The highest BCUT2D eigenvalue weighted by Crippen LogP contribution is 2.34. The van der Waals surface area contributed by atoms with E-state index in [0.29, 0.717) is 23.4 Å². The predicted octanol–water partition coefficient (Wildman–Crippen LogP) is 5.33. The van der Waals surface area contributed by atoms with Gasteiger partial charge >= 0.3 is 6.09 Å². The van der Waals surface area contributed by atoms with Crippen LogP contribution < -0.4 is 10.6 Å². The molecule has 8 heteroatoms. The fraction of sp³-hybridized carbons (Fsp3) is 0.188. The van der Waals surface area contributed by atoms with Crippen molar-refractivity contribution in [1.29, 1.82) is 0 Å². The summed E-state index contributed by atoms with van der Waals surface area (Å²) in [5.41, 5.74) is 5.72. The van der Waals surface area contributed by atoms with Crippen molar-refractivity contribution < 1.29 is 19.1 Å². The van der Waals surface area contributed by atoms with Crippen LogP contribution in [0.2, 0.25) is 0 Å². The van der Waals surface area contributed by atoms with E-state index >= 15 is 0 Å². The summed E-state index contributed by atoms with van der Waals surface area (Å²) in [5, 5.41) is 5.83. The molecule has 1 aromatic heterocycles. The molecule has 0 spiro atoms. The van der Waals surface area contributed by atoms with Crippen molar-refractivity contribution in [3.05, 3.63) is 131 Å². The number of pyridine rings is 1. The van der Waals surface area contributed by atoms with Gasteiger partial charge in [0.1, 0.15) is 0 Å². The zero-order valence-corrected chi connectivity index (χ0v) is 22.3. The lowest BCUT2D eigenvalue weighted by atomic mass is 10.00. The average Bonchev–Trinajstić information content (AvgIpc) is 3.28. The molecule has 0 bridgehead atoms. The highest BCUT2D eigenvalue weighted by atomic mass is 16.6. The monoisotopic (exact) mass is 534 g/mol. The predicted molar refractivity (Wildman–Crippen MR) is 151 cm³/mol. The molecule has 1 fully saturated rings. The molecule has 40 heavy (non-hydrogen) atoms. The first-order chi connectivity index (χ1) is 19.4. The maximum atomic E-state index is 13.6. The Morgan fingerprint density at radius 3 is 2.30 bits per heavy atom. The number of aromatic nitrogens is 1. The van der Waals surface area contributed by atoms with E-state index in [-0.39, 0.29) is 18.4 Å². The van der Waals surface area contributed by atoms with E-state index in [0.717, 1.165) is 22.3 Å². The third-order valence-corrected chi connectivity index (χ3v) is 6.82. The van der Waals surface area contributed by atoms with Crippen molar-refractivity contribution in [3.8, 4) is 0 Å². The lowest BCUT2D eigenvalue weighted by Crippen LogP contribution is -2.46. The molecule has 1 saturated heterocycles. The van der Waals surface area contributed by atoms with Gasteiger partial charge in [0.25, 0.3) is 5.91 Å². The molecule has 3 amide bonds. The Balaban J connectivity index is 1.36. The number of carbonyl (C=O) groups excluding carboxylic acids is 3. The first kappa shape index (κ1) is 26.6. The smallest absolute Gasteiger partial charge is 0.411 e. The van der Waals surface area contributed by atoms with Crippen LogP contribution in [-0.2, 0) is 22.6 Å². The molecule has 2 N–H and O–H groups in total. The summed E-state index contributed by atoms with van der Waals surface area (Å²) in [7, 11) is 0. The molecule has 2 atom stereocenters. The van der Waals surface area contributed by atoms with Crippen molar-refractivity contribution in [2.45, 2.75) is 39.1 Å². The van der Waals surface area contributed by atoms with E-state index in [1.807, 2.05) is 62.4 Å². The summed E-state index contributed by atoms with van der Waals surface area (Å²) in [6.45, 7) is 4.47. The Morgan fingerprint density at radius 2 is 1.60 bits per heavy atom. The van der Waals surface area contributed by atoms with Crippen LogP contribution in [0.15, 0.2) is 97.3 Å². The van der Waals surface area contributed by atoms with Gasteiger partial charge < -0.3 is 15.4 Å². The average molecular weight is 535 g/mol. The number of aryl methyl sites for hydroxylation is 2. The molecule has 0 saturated carbocycles. The van der Waals surface area contributed by atoms with Crippen LogP contribution >= 0.6 is 0 Å². The van der Waals surface area contributed by atoms with Gasteiger partial charge in [0.05, 0.1) is 6.54 Å². The third-order valence-electron chi connectivity index (χ3n) is 6.82. The number of nitrogens with zero attached hydrogens (tertiary/aromatic N) is 2. The molecular weight excluding hydrogens is 504 g/mol. The van der Waals surface area contributed by atoms with E-state index in [9.17, 15) is 14.4 Å². The van der Waals surface area contributed by atoms with E-state index in [2.05, 4.69) is 15.6 Å². The van der Waals surface area contributed by atoms with E-state index in [1.165, 1.54) is 4.90 Å². The molecule has 202 valence electrons. The van der Waals surface area contributed by atoms with Gasteiger partial charge in [0, 0.05) is 30.2 Å². The Morgan fingerprint density at radius 1 is 0.875 bits per heavy atom. The largest absolute Gasteiger partial charge is 0.438 e. The van der Waals surface area contributed by atoms with Gasteiger partial charge in [-0.2, -0.15) is 0 Å². The number of benzene rings is 3. The summed E-state index contributed by atoms with van der Waals surface area (Å²) in [5.74, 6) is -0.546. The normalized spacial score (nSPS) is 16.4. The number of hydrogen-bond donors (Lipinski definition) is 2. The molecule has 0 aliphatic carbocycles. The molecular formula is C32H30N4O4. The third kappa shape index (κ3) is 6.18. The molecule has 5 rings (SSSR count). The van der Waals surface area contributed by atoms with Crippen LogP contribution in [0.25, 0.3) is 0 Å². The number of cyclic esters (lactones) is 1. The van der Waals surface area contributed by atoms with Crippen LogP contribution in [0.3, 0.4) is 0 Å². The molecule has 4 aromatic rings. The maximum absolute atomic E-state index is 13.6. The summed E-state index contributed by atoms with van der Waals surface area (Å²) < 4.78 is 5.78. The van der Waals surface area contributed by atoms with Crippen LogP contribution in [0.1, 0.15) is 44.3 Å².